The maximum Gasteiger partial charge on any atom is 0.150 e. The zero-order chi connectivity index (χ0) is 13.0. The van der Waals surface area contributed by atoms with Crippen LogP contribution in [0.5, 0.6) is 0 Å². The van der Waals surface area contributed by atoms with Gasteiger partial charge in [-0.05, 0) is 30.5 Å². The standard InChI is InChI=1S/C14H17ClFNO/c15-13-6-5-10(8-14(13)16)7-12(18)9-17-11-3-1-2-4-11/h5-6,8,11,17H,1-4,7,9H2. The van der Waals surface area contributed by atoms with Crippen LogP contribution in [-0.4, -0.2) is 18.4 Å². The molecule has 98 valence electrons. The van der Waals surface area contributed by atoms with Gasteiger partial charge in [0.05, 0.1) is 11.6 Å². The normalized spacial score (nSPS) is 16.1. The predicted octanol–water partition coefficient (Wildman–Crippen LogP) is 3.12. The zero-order valence-corrected chi connectivity index (χ0v) is 11.0. The fourth-order valence-electron chi connectivity index (χ4n) is 2.33. The molecule has 0 radical (unpaired) electrons. The molecule has 2 nitrogen and oxygen atoms in total. The van der Waals surface area contributed by atoms with Crippen LogP contribution in [0.1, 0.15) is 31.2 Å². The molecular formula is C14H17ClFNO. The second kappa shape index (κ2) is 6.30. The lowest BCUT2D eigenvalue weighted by molar-refractivity contribution is -0.117. The summed E-state index contributed by atoms with van der Waals surface area (Å²) in [5, 5.41) is 3.35. The Morgan fingerprint density at radius 2 is 2.11 bits per heavy atom. The number of benzene rings is 1. The summed E-state index contributed by atoms with van der Waals surface area (Å²) in [4.78, 5) is 11.7. The number of ketones is 1. The molecule has 1 N–H and O–H groups in total. The van der Waals surface area contributed by atoms with Crippen LogP contribution >= 0.6 is 11.6 Å². The van der Waals surface area contributed by atoms with Gasteiger partial charge in [0.25, 0.3) is 0 Å². The van der Waals surface area contributed by atoms with Crippen molar-refractivity contribution in [2.24, 2.45) is 0 Å². The summed E-state index contributed by atoms with van der Waals surface area (Å²) in [6, 6.07) is 4.99. The highest BCUT2D eigenvalue weighted by Gasteiger charge is 2.15. The average molecular weight is 270 g/mol. The number of carbonyl (C=O) groups is 1. The molecule has 1 fully saturated rings. The molecule has 0 unspecified atom stereocenters. The largest absolute Gasteiger partial charge is 0.307 e. The Kier molecular flexibility index (Phi) is 4.72. The Labute approximate surface area is 112 Å². The van der Waals surface area contributed by atoms with E-state index in [-0.39, 0.29) is 17.2 Å². The molecule has 0 spiro atoms. The Hall–Kier alpha value is -0.930. The lowest BCUT2D eigenvalue weighted by atomic mass is 10.1. The highest BCUT2D eigenvalue weighted by Crippen LogP contribution is 2.18. The van der Waals surface area contributed by atoms with Gasteiger partial charge >= 0.3 is 0 Å². The average Bonchev–Trinajstić information content (AvgIpc) is 2.84. The van der Waals surface area contributed by atoms with Crippen molar-refractivity contribution in [2.75, 3.05) is 6.54 Å². The molecule has 18 heavy (non-hydrogen) atoms. The second-order valence-corrected chi connectivity index (χ2v) is 5.23. The molecule has 4 heteroatoms. The molecule has 1 aliphatic carbocycles. The molecule has 1 aromatic rings. The van der Waals surface area contributed by atoms with E-state index in [0.717, 1.165) is 12.8 Å². The molecule has 0 atom stereocenters. The van der Waals surface area contributed by atoms with Crippen LogP contribution in [0.15, 0.2) is 18.2 Å². The molecule has 1 aliphatic rings. The lowest BCUT2D eigenvalue weighted by Gasteiger charge is -2.10. The topological polar surface area (TPSA) is 29.1 Å². The van der Waals surface area contributed by atoms with E-state index in [2.05, 4.69) is 5.32 Å². The summed E-state index contributed by atoms with van der Waals surface area (Å²) in [5.74, 6) is -0.380. The third-order valence-electron chi connectivity index (χ3n) is 3.33. The van der Waals surface area contributed by atoms with Gasteiger partial charge in [-0.1, -0.05) is 30.5 Å². The first-order valence-electron chi connectivity index (χ1n) is 6.34. The van der Waals surface area contributed by atoms with Crippen LogP contribution in [0.3, 0.4) is 0 Å². The van der Waals surface area contributed by atoms with Gasteiger partial charge in [-0.15, -0.1) is 0 Å². The van der Waals surface area contributed by atoms with E-state index in [0.29, 0.717) is 18.2 Å². The van der Waals surface area contributed by atoms with Crippen molar-refractivity contribution >= 4 is 17.4 Å². The summed E-state index contributed by atoms with van der Waals surface area (Å²) in [6.07, 6.45) is 5.06. The molecule has 0 aromatic heterocycles. The molecule has 0 aliphatic heterocycles. The third kappa shape index (κ3) is 3.79. The van der Waals surface area contributed by atoms with E-state index in [4.69, 9.17) is 11.6 Å². The van der Waals surface area contributed by atoms with Crippen molar-refractivity contribution in [1.82, 2.24) is 5.32 Å². The van der Waals surface area contributed by atoms with Gasteiger partial charge in [0.2, 0.25) is 0 Å². The van der Waals surface area contributed by atoms with Crippen LogP contribution in [0.4, 0.5) is 4.39 Å². The Morgan fingerprint density at radius 1 is 1.39 bits per heavy atom. The number of carbonyl (C=O) groups excluding carboxylic acids is 1. The van der Waals surface area contributed by atoms with Gasteiger partial charge < -0.3 is 5.32 Å². The summed E-state index contributed by atoms with van der Waals surface area (Å²) in [7, 11) is 0. The van der Waals surface area contributed by atoms with Crippen molar-refractivity contribution in [3.05, 3.63) is 34.6 Å². The van der Waals surface area contributed by atoms with E-state index in [9.17, 15) is 9.18 Å². The van der Waals surface area contributed by atoms with Gasteiger partial charge in [0, 0.05) is 12.5 Å². The second-order valence-electron chi connectivity index (χ2n) is 4.83. The first-order chi connectivity index (χ1) is 8.65. The highest BCUT2D eigenvalue weighted by molar-refractivity contribution is 6.30. The van der Waals surface area contributed by atoms with E-state index >= 15 is 0 Å². The first-order valence-corrected chi connectivity index (χ1v) is 6.72. The smallest absolute Gasteiger partial charge is 0.150 e. The number of halogens is 2. The van der Waals surface area contributed by atoms with E-state index < -0.39 is 5.82 Å². The summed E-state index contributed by atoms with van der Waals surface area (Å²) < 4.78 is 13.2. The summed E-state index contributed by atoms with van der Waals surface area (Å²) in [6.45, 7) is 0.370. The maximum atomic E-state index is 13.2. The third-order valence-corrected chi connectivity index (χ3v) is 3.63. The van der Waals surface area contributed by atoms with Crippen molar-refractivity contribution in [3.63, 3.8) is 0 Å². The van der Waals surface area contributed by atoms with Crippen molar-refractivity contribution in [1.29, 1.82) is 0 Å². The molecule has 1 saturated carbocycles. The minimum atomic E-state index is -0.467. The van der Waals surface area contributed by atoms with Crippen LogP contribution < -0.4 is 5.32 Å². The monoisotopic (exact) mass is 269 g/mol. The Balaban J connectivity index is 1.80. The number of hydrogen-bond donors (Lipinski definition) is 1. The van der Waals surface area contributed by atoms with Gasteiger partial charge in [-0.2, -0.15) is 0 Å². The van der Waals surface area contributed by atoms with Gasteiger partial charge in [0.1, 0.15) is 5.82 Å². The Morgan fingerprint density at radius 3 is 2.78 bits per heavy atom. The van der Waals surface area contributed by atoms with E-state index in [1.807, 2.05) is 0 Å². The van der Waals surface area contributed by atoms with Crippen LogP contribution in [-0.2, 0) is 11.2 Å². The SMILES string of the molecule is O=C(CNC1CCCC1)Cc1ccc(Cl)c(F)c1. The molecule has 0 heterocycles. The van der Waals surface area contributed by atoms with Gasteiger partial charge in [-0.3, -0.25) is 4.79 Å². The quantitative estimate of drug-likeness (QED) is 0.890. The fraction of sp³-hybridized carbons (Fsp3) is 0.500. The summed E-state index contributed by atoms with van der Waals surface area (Å²) >= 11 is 5.59. The van der Waals surface area contributed by atoms with E-state index in [1.165, 1.54) is 25.0 Å². The summed E-state index contributed by atoms with van der Waals surface area (Å²) in [5.41, 5.74) is 0.676. The molecule has 1 aromatic carbocycles. The first kappa shape index (κ1) is 13.5. The molecule has 0 saturated heterocycles. The van der Waals surface area contributed by atoms with Crippen LogP contribution in [0.2, 0.25) is 5.02 Å². The minimum Gasteiger partial charge on any atom is -0.307 e. The molecular weight excluding hydrogens is 253 g/mol. The zero-order valence-electron chi connectivity index (χ0n) is 10.2. The molecule has 0 amide bonds. The number of nitrogens with one attached hydrogen (secondary N) is 1. The van der Waals surface area contributed by atoms with Crippen molar-refractivity contribution in [2.45, 2.75) is 38.1 Å². The number of Topliss-reactive ketones (excluding diaryl/α,β-unsaturated/α-hetero) is 1. The van der Waals surface area contributed by atoms with Crippen molar-refractivity contribution < 1.29 is 9.18 Å². The Bertz CT molecular complexity index is 430. The van der Waals surface area contributed by atoms with E-state index in [1.54, 1.807) is 6.07 Å². The van der Waals surface area contributed by atoms with Gasteiger partial charge in [0.15, 0.2) is 5.78 Å². The van der Waals surface area contributed by atoms with Crippen LogP contribution in [0, 0.1) is 5.82 Å². The minimum absolute atomic E-state index is 0.0867. The molecule has 0 bridgehead atoms. The van der Waals surface area contributed by atoms with Crippen molar-refractivity contribution in [3.8, 4) is 0 Å². The lowest BCUT2D eigenvalue weighted by Crippen LogP contribution is -2.32. The number of hydrogen-bond acceptors (Lipinski definition) is 2. The molecule has 2 rings (SSSR count). The van der Waals surface area contributed by atoms with Crippen LogP contribution in [0.25, 0.3) is 0 Å². The van der Waals surface area contributed by atoms with Gasteiger partial charge in [-0.25, -0.2) is 4.39 Å². The number of rotatable bonds is 5. The predicted molar refractivity (Wildman–Crippen MR) is 70.4 cm³/mol. The fourth-order valence-corrected chi connectivity index (χ4v) is 2.45. The highest BCUT2D eigenvalue weighted by atomic mass is 35.5. The maximum absolute atomic E-state index is 13.2.